The van der Waals surface area contributed by atoms with Crippen LogP contribution in [-0.4, -0.2) is 28.0 Å². The lowest BCUT2D eigenvalue weighted by Gasteiger charge is -2.18. The van der Waals surface area contributed by atoms with Crippen molar-refractivity contribution in [2.75, 3.05) is 12.3 Å². The molecule has 3 rings (SSSR count). The van der Waals surface area contributed by atoms with Gasteiger partial charge in [-0.2, -0.15) is 0 Å². The van der Waals surface area contributed by atoms with Crippen LogP contribution in [0.15, 0.2) is 42.7 Å². The molecule has 1 atom stereocenters. The maximum absolute atomic E-state index is 10.7. The third-order valence-corrected chi connectivity index (χ3v) is 4.24. The molecule has 0 aliphatic rings. The van der Waals surface area contributed by atoms with Crippen LogP contribution in [-0.2, 0) is 9.53 Å². The second kappa shape index (κ2) is 7.36. The molecule has 0 fully saturated rings. The fraction of sp³-hybridized carbons (Fsp3) is 0.167. The first-order valence-corrected chi connectivity index (χ1v) is 8.05. The highest BCUT2D eigenvalue weighted by Crippen LogP contribution is 2.31. The predicted octanol–water partition coefficient (Wildman–Crippen LogP) is 3.32. The van der Waals surface area contributed by atoms with Gasteiger partial charge in [-0.1, -0.05) is 17.7 Å². The summed E-state index contributed by atoms with van der Waals surface area (Å²) in [6.45, 7) is 2.66. The standard InChI is InChI=1S/C18H17ClN4O2/c1-11-2-3-13(19)7-14(11)15(9-25-10-24)12-6-17(22-8-12)16-4-5-21-18(20)23-16/h2-8,10,15,22H,9H2,1H3,(H2,20,21,23). The van der Waals surface area contributed by atoms with Crippen molar-refractivity contribution in [1.29, 1.82) is 0 Å². The second-order valence-corrected chi connectivity index (χ2v) is 6.07. The van der Waals surface area contributed by atoms with Crippen LogP contribution in [0.2, 0.25) is 5.02 Å². The molecule has 2 aromatic heterocycles. The molecule has 3 N–H and O–H groups in total. The Hall–Kier alpha value is -2.86. The number of carbonyl (C=O) groups is 1. The number of hydrogen-bond donors (Lipinski definition) is 2. The van der Waals surface area contributed by atoms with E-state index in [1.807, 2.05) is 37.4 Å². The maximum Gasteiger partial charge on any atom is 0.293 e. The average molecular weight is 357 g/mol. The van der Waals surface area contributed by atoms with Gasteiger partial charge in [0.15, 0.2) is 0 Å². The zero-order valence-electron chi connectivity index (χ0n) is 13.6. The molecule has 25 heavy (non-hydrogen) atoms. The summed E-state index contributed by atoms with van der Waals surface area (Å²) < 4.78 is 5.05. The van der Waals surface area contributed by atoms with E-state index in [0.717, 1.165) is 22.4 Å². The molecule has 0 amide bonds. The van der Waals surface area contributed by atoms with Crippen LogP contribution >= 0.6 is 11.6 Å². The van der Waals surface area contributed by atoms with Crippen LogP contribution in [0.25, 0.3) is 11.4 Å². The lowest BCUT2D eigenvalue weighted by molar-refractivity contribution is -0.128. The highest BCUT2D eigenvalue weighted by atomic mass is 35.5. The van der Waals surface area contributed by atoms with Crippen LogP contribution in [0.4, 0.5) is 5.95 Å². The molecule has 0 bridgehead atoms. The van der Waals surface area contributed by atoms with Crippen LogP contribution < -0.4 is 5.73 Å². The molecule has 0 saturated carbocycles. The van der Waals surface area contributed by atoms with Crippen molar-refractivity contribution in [2.45, 2.75) is 12.8 Å². The van der Waals surface area contributed by atoms with E-state index in [1.165, 1.54) is 0 Å². The summed E-state index contributed by atoms with van der Waals surface area (Å²) in [6.07, 6.45) is 3.47. The Labute approximate surface area is 150 Å². The number of H-pyrrole nitrogens is 1. The maximum atomic E-state index is 10.7. The van der Waals surface area contributed by atoms with Crippen LogP contribution in [0, 0.1) is 6.92 Å². The number of rotatable bonds is 6. The van der Waals surface area contributed by atoms with Crippen LogP contribution in [0.3, 0.4) is 0 Å². The van der Waals surface area contributed by atoms with E-state index < -0.39 is 0 Å². The predicted molar refractivity (Wildman–Crippen MR) is 96.3 cm³/mol. The van der Waals surface area contributed by atoms with Gasteiger partial charge in [0.1, 0.15) is 6.61 Å². The summed E-state index contributed by atoms with van der Waals surface area (Å²) in [5.41, 5.74) is 10.2. The number of aromatic nitrogens is 3. The number of ether oxygens (including phenoxy) is 1. The van der Waals surface area contributed by atoms with Gasteiger partial charge in [-0.05, 0) is 47.9 Å². The van der Waals surface area contributed by atoms with Crippen molar-refractivity contribution in [3.05, 3.63) is 64.4 Å². The smallest absolute Gasteiger partial charge is 0.293 e. The quantitative estimate of drug-likeness (QED) is 0.661. The zero-order valence-corrected chi connectivity index (χ0v) is 14.3. The number of halogens is 1. The van der Waals surface area contributed by atoms with Crippen LogP contribution in [0.5, 0.6) is 0 Å². The summed E-state index contributed by atoms with van der Waals surface area (Å²) in [4.78, 5) is 22.0. The number of anilines is 1. The zero-order chi connectivity index (χ0) is 17.8. The largest absolute Gasteiger partial charge is 0.467 e. The molecule has 0 aliphatic heterocycles. The number of nitrogen functional groups attached to an aromatic ring is 1. The van der Waals surface area contributed by atoms with E-state index >= 15 is 0 Å². The van der Waals surface area contributed by atoms with Gasteiger partial charge in [-0.3, -0.25) is 4.79 Å². The molecule has 3 aromatic rings. The van der Waals surface area contributed by atoms with Gasteiger partial charge in [0.2, 0.25) is 5.95 Å². The van der Waals surface area contributed by atoms with Crippen molar-refractivity contribution in [3.8, 4) is 11.4 Å². The summed E-state index contributed by atoms with van der Waals surface area (Å²) >= 11 is 6.15. The molecule has 0 radical (unpaired) electrons. The lowest BCUT2D eigenvalue weighted by Crippen LogP contribution is -2.10. The third-order valence-electron chi connectivity index (χ3n) is 4.01. The van der Waals surface area contributed by atoms with Crippen molar-refractivity contribution in [3.63, 3.8) is 0 Å². The number of carbonyl (C=O) groups excluding carboxylic acids is 1. The average Bonchev–Trinajstić information content (AvgIpc) is 3.08. The number of nitrogens with zero attached hydrogens (tertiary/aromatic N) is 2. The molecule has 0 spiro atoms. The fourth-order valence-corrected chi connectivity index (χ4v) is 2.95. The van der Waals surface area contributed by atoms with Gasteiger partial charge in [-0.25, -0.2) is 9.97 Å². The highest BCUT2D eigenvalue weighted by Gasteiger charge is 2.20. The number of aromatic amines is 1. The summed E-state index contributed by atoms with van der Waals surface area (Å²) in [5.74, 6) is 0.0632. The van der Waals surface area contributed by atoms with Gasteiger partial charge < -0.3 is 15.5 Å². The Bertz CT molecular complexity index is 894. The van der Waals surface area contributed by atoms with Crippen molar-refractivity contribution < 1.29 is 9.53 Å². The Morgan fingerprint density at radius 1 is 1.36 bits per heavy atom. The Kier molecular flexibility index (Phi) is 5.00. The monoisotopic (exact) mass is 356 g/mol. The number of nitrogens with two attached hydrogens (primary N) is 1. The SMILES string of the molecule is Cc1ccc(Cl)cc1C(COC=O)c1c[nH]c(-c2ccnc(N)n2)c1. The molecule has 6 nitrogen and oxygen atoms in total. The van der Waals surface area contributed by atoms with E-state index in [0.29, 0.717) is 17.2 Å². The Morgan fingerprint density at radius 2 is 2.20 bits per heavy atom. The Balaban J connectivity index is 2.00. The molecule has 0 saturated heterocycles. The minimum absolute atomic E-state index is 0.145. The number of nitrogens with one attached hydrogen (secondary N) is 1. The molecular weight excluding hydrogens is 340 g/mol. The van der Waals surface area contributed by atoms with E-state index in [1.54, 1.807) is 12.3 Å². The molecule has 0 aliphatic carbocycles. The molecule has 1 unspecified atom stereocenters. The van der Waals surface area contributed by atoms with Gasteiger partial charge in [0.05, 0.1) is 11.4 Å². The topological polar surface area (TPSA) is 93.9 Å². The first kappa shape index (κ1) is 17.0. The third kappa shape index (κ3) is 3.80. The lowest BCUT2D eigenvalue weighted by atomic mass is 9.90. The van der Waals surface area contributed by atoms with E-state index in [-0.39, 0.29) is 18.5 Å². The number of aryl methyl sites for hydroxylation is 1. The van der Waals surface area contributed by atoms with Crippen molar-refractivity contribution in [2.24, 2.45) is 0 Å². The second-order valence-electron chi connectivity index (χ2n) is 5.63. The summed E-state index contributed by atoms with van der Waals surface area (Å²) in [5, 5.41) is 0.635. The first-order valence-electron chi connectivity index (χ1n) is 7.67. The van der Waals surface area contributed by atoms with E-state index in [2.05, 4.69) is 15.0 Å². The summed E-state index contributed by atoms with van der Waals surface area (Å²) in [7, 11) is 0. The summed E-state index contributed by atoms with van der Waals surface area (Å²) in [6, 6.07) is 9.41. The van der Waals surface area contributed by atoms with Crippen LogP contribution in [0.1, 0.15) is 22.6 Å². The fourth-order valence-electron chi connectivity index (χ4n) is 2.77. The van der Waals surface area contributed by atoms with Gasteiger partial charge in [-0.15, -0.1) is 0 Å². The van der Waals surface area contributed by atoms with Gasteiger partial charge in [0.25, 0.3) is 6.47 Å². The van der Waals surface area contributed by atoms with E-state index in [9.17, 15) is 4.79 Å². The van der Waals surface area contributed by atoms with Crippen molar-refractivity contribution >= 4 is 24.0 Å². The molecule has 2 heterocycles. The highest BCUT2D eigenvalue weighted by molar-refractivity contribution is 6.30. The van der Waals surface area contributed by atoms with Gasteiger partial charge >= 0.3 is 0 Å². The molecule has 128 valence electrons. The Morgan fingerprint density at radius 3 is 2.96 bits per heavy atom. The number of benzene rings is 1. The first-order chi connectivity index (χ1) is 12.1. The van der Waals surface area contributed by atoms with E-state index in [4.69, 9.17) is 22.1 Å². The minimum atomic E-state index is -0.145. The van der Waals surface area contributed by atoms with Gasteiger partial charge in [0, 0.05) is 23.3 Å². The normalized spacial score (nSPS) is 11.9. The molecule has 1 aromatic carbocycles. The number of hydrogen-bond acceptors (Lipinski definition) is 5. The minimum Gasteiger partial charge on any atom is -0.467 e. The molecule has 7 heteroatoms. The van der Waals surface area contributed by atoms with Crippen molar-refractivity contribution in [1.82, 2.24) is 15.0 Å². The molecular formula is C18H17ClN4O2.